The fraction of sp³-hybridized carbons (Fsp3) is 0.600. The third-order valence-corrected chi connectivity index (χ3v) is 16.7. The number of hydrogen-bond donors (Lipinski definition) is 5. The zero-order valence-corrected chi connectivity index (χ0v) is 47.8. The Kier molecular flexibility index (Phi) is 18.6. The molecule has 2 aromatic carbocycles. The van der Waals surface area contributed by atoms with Crippen molar-refractivity contribution in [3.63, 3.8) is 0 Å². The molecular formula is C55H73IN2O19. The van der Waals surface area contributed by atoms with Crippen LogP contribution in [0.15, 0.2) is 71.8 Å². The zero-order chi connectivity index (χ0) is 57.2. The summed E-state index contributed by atoms with van der Waals surface area (Å²) in [6, 6.07) is 14.0. The van der Waals surface area contributed by atoms with Gasteiger partial charge in [0.25, 0.3) is 0 Å². The van der Waals surface area contributed by atoms with Gasteiger partial charge in [-0.1, -0.05) is 62.4 Å². The summed E-state index contributed by atoms with van der Waals surface area (Å²) in [6.07, 6.45) is -12.7. The number of aliphatic hydroxyl groups is 3. The van der Waals surface area contributed by atoms with Crippen LogP contribution in [0, 0.1) is 16.7 Å². The summed E-state index contributed by atoms with van der Waals surface area (Å²) in [5.41, 5.74) is -10.2. The summed E-state index contributed by atoms with van der Waals surface area (Å²) in [4.78, 5) is 115. The Bertz CT molecular complexity index is 2600. The number of ether oxygens (including phenoxy) is 7. The van der Waals surface area contributed by atoms with Crippen LogP contribution in [0.5, 0.6) is 0 Å². The first-order valence-corrected chi connectivity index (χ1v) is 30.4. The Morgan fingerprint density at radius 3 is 2.08 bits per heavy atom. The first kappa shape index (κ1) is 60.9. The number of fused-ring (bicyclic) bond motifs is 5. The molecule has 1 amide bonds. The summed E-state index contributed by atoms with van der Waals surface area (Å²) in [5.74, 6) is -8.13. The van der Waals surface area contributed by atoms with Crippen LogP contribution < -0.4 is 10.6 Å². The number of amides is 1. The van der Waals surface area contributed by atoms with E-state index in [0.29, 0.717) is 0 Å². The molecule has 1 saturated heterocycles. The SMILES string of the molecule is CC(=O)O[C@@]12COC1C[C@H](O)[C@@]1(C)C(=O)[C@H](O)C3=C(C)[C@@H](OC(=O)[C@H](OC(=O)COC(=O)CCNC(C)(C)C(=O)COI(C)C)[C@@H](NC(=O)OC(C)(C)C)c4ccccc4)C[C@@](O)([C@@H](OC(=O)c4ccccc4)[C@@H]12)C3(C)C. The Hall–Kier alpha value is -5.37. The van der Waals surface area contributed by atoms with Crippen molar-refractivity contribution in [2.24, 2.45) is 16.7 Å². The minimum absolute atomic E-state index is 0.0234. The maximum atomic E-state index is 15.3. The number of alkyl halides is 2. The number of carbonyl (C=O) groups excluding carboxylic acids is 8. The van der Waals surface area contributed by atoms with Gasteiger partial charge in [0.15, 0.2) is 11.4 Å². The van der Waals surface area contributed by atoms with E-state index < -0.39 is 157 Å². The molecule has 21 nitrogen and oxygen atoms in total. The number of alkyl carbamates (subject to hydrolysis) is 1. The van der Waals surface area contributed by atoms with Crippen molar-refractivity contribution in [3.05, 3.63) is 82.9 Å². The number of hydrogen-bond acceptors (Lipinski definition) is 20. The van der Waals surface area contributed by atoms with E-state index >= 15 is 9.59 Å². The second-order valence-corrected chi connectivity index (χ2v) is 26.9. The molecule has 424 valence electrons. The van der Waals surface area contributed by atoms with Gasteiger partial charge in [0.2, 0.25) is 6.10 Å². The van der Waals surface area contributed by atoms with Crippen LogP contribution in [-0.2, 0) is 65.0 Å². The first-order chi connectivity index (χ1) is 35.8. The molecule has 1 aliphatic heterocycles. The summed E-state index contributed by atoms with van der Waals surface area (Å²) < 4.78 is 46.8. The number of benzene rings is 2. The van der Waals surface area contributed by atoms with Crippen molar-refractivity contribution in [2.75, 3.05) is 36.2 Å². The van der Waals surface area contributed by atoms with Gasteiger partial charge in [-0.3, -0.25) is 9.59 Å². The van der Waals surface area contributed by atoms with Crippen molar-refractivity contribution in [2.45, 2.75) is 154 Å². The predicted molar refractivity (Wildman–Crippen MR) is 282 cm³/mol. The molecule has 6 rings (SSSR count). The van der Waals surface area contributed by atoms with E-state index in [1.165, 1.54) is 52.0 Å². The molecule has 0 aromatic heterocycles. The van der Waals surface area contributed by atoms with Crippen molar-refractivity contribution in [3.8, 4) is 0 Å². The maximum absolute atomic E-state index is 15.3. The molecule has 4 aliphatic rings. The minimum atomic E-state index is -2.50. The normalized spacial score (nSPS) is 28.5. The standard InChI is InChI=1S/C55H73IN2O19/c1-30-34(26-55(69)46(75-47(66)33-21-17-14-18-22-33)44-53(10,45(65)42(64)40(30)51(55,6)7)35(60)25-37-54(44,29-71-37)76-31(2)59)73-48(67)43(41(32-19-15-13-16-20-32)58-49(68)77-50(3,4)5)74-39(63)28-70-38(62)23-24-57-52(8,9)36(61)27-72-56(11)12/h13-22,34-35,37,41-44,46,57,60,64,69H,23-29H2,1-12H3,(H,58,68)/t34-,35-,37?,41-,42+,43+,44-,46-,53+,54-,55+/m0/s1. The number of ketones is 2. The van der Waals surface area contributed by atoms with Gasteiger partial charge in [0.05, 0.1) is 29.6 Å². The molecule has 3 fully saturated rings. The molecule has 2 aromatic rings. The summed E-state index contributed by atoms with van der Waals surface area (Å²) >= 11 is -1.64. The van der Waals surface area contributed by atoms with Gasteiger partial charge >= 0.3 is 150 Å². The average Bonchev–Trinajstić information content (AvgIpc) is 3.52. The number of aliphatic hydroxyl groups excluding tert-OH is 2. The topological polar surface area (TPSA) is 295 Å². The quantitative estimate of drug-likeness (QED) is 0.0429. The van der Waals surface area contributed by atoms with Crippen LogP contribution in [0.4, 0.5) is 4.79 Å². The third-order valence-electron chi connectivity index (χ3n) is 15.2. The number of halogens is 1. The molecule has 1 heterocycles. The molecular weight excluding hydrogens is 1120 g/mol. The van der Waals surface area contributed by atoms with E-state index in [9.17, 15) is 44.1 Å². The number of esters is 5. The Labute approximate surface area is 455 Å². The van der Waals surface area contributed by atoms with Gasteiger partial charge in [0.1, 0.15) is 41.7 Å². The number of rotatable bonds is 19. The number of Topliss-reactive ketones (excluding diaryl/α,β-unsaturated/α-hetero) is 2. The molecule has 2 saturated carbocycles. The maximum Gasteiger partial charge on any atom is 0.408 e. The molecule has 22 heteroatoms. The molecule has 3 aliphatic carbocycles. The smallest absolute Gasteiger partial charge is 0.408 e. The Morgan fingerprint density at radius 1 is 0.883 bits per heavy atom. The monoisotopic (exact) mass is 1190 g/mol. The van der Waals surface area contributed by atoms with Crippen molar-refractivity contribution < 1.29 is 89.9 Å². The van der Waals surface area contributed by atoms with Crippen LogP contribution in [0.3, 0.4) is 0 Å². The van der Waals surface area contributed by atoms with Crippen LogP contribution in [0.1, 0.15) is 110 Å². The molecule has 77 heavy (non-hydrogen) atoms. The van der Waals surface area contributed by atoms with Gasteiger partial charge in [-0.2, -0.15) is 0 Å². The van der Waals surface area contributed by atoms with Crippen LogP contribution in [0.25, 0.3) is 0 Å². The van der Waals surface area contributed by atoms with E-state index in [1.54, 1.807) is 71.0 Å². The first-order valence-electron chi connectivity index (χ1n) is 25.2. The minimum Gasteiger partial charge on any atom is -0.455 e. The van der Waals surface area contributed by atoms with Gasteiger partial charge in [0, 0.05) is 25.2 Å². The van der Waals surface area contributed by atoms with Gasteiger partial charge in [-0.25, -0.2) is 14.4 Å². The summed E-state index contributed by atoms with van der Waals surface area (Å²) in [5, 5.41) is 43.9. The molecule has 0 radical (unpaired) electrons. The van der Waals surface area contributed by atoms with E-state index in [2.05, 4.69) is 10.6 Å². The largest absolute Gasteiger partial charge is 0.455 e. The van der Waals surface area contributed by atoms with E-state index in [0.717, 1.165) is 6.92 Å². The molecule has 5 N–H and O–H groups in total. The molecule has 1 unspecified atom stereocenters. The molecule has 11 atom stereocenters. The average molecular weight is 1190 g/mol. The van der Waals surface area contributed by atoms with Gasteiger partial charge in [-0.05, 0) is 63.5 Å². The zero-order valence-electron chi connectivity index (χ0n) is 45.6. The Balaban J connectivity index is 1.40. The molecule has 0 spiro atoms. The van der Waals surface area contributed by atoms with Crippen molar-refractivity contribution in [1.82, 2.24) is 10.6 Å². The number of nitrogens with one attached hydrogen (secondary N) is 2. The summed E-state index contributed by atoms with van der Waals surface area (Å²) in [6.45, 7) is 13.5. The third kappa shape index (κ3) is 12.7. The van der Waals surface area contributed by atoms with Crippen LogP contribution in [0.2, 0.25) is 0 Å². The van der Waals surface area contributed by atoms with Crippen LogP contribution >= 0.6 is 20.2 Å². The van der Waals surface area contributed by atoms with Crippen LogP contribution in [-0.4, -0.2) is 158 Å². The summed E-state index contributed by atoms with van der Waals surface area (Å²) in [7, 11) is 0. The fourth-order valence-electron chi connectivity index (χ4n) is 11.0. The van der Waals surface area contributed by atoms with Crippen molar-refractivity contribution >= 4 is 67.7 Å². The second kappa shape index (κ2) is 23.5. The van der Waals surface area contributed by atoms with E-state index in [1.807, 2.05) is 9.86 Å². The van der Waals surface area contributed by atoms with E-state index in [-0.39, 0.29) is 60.7 Å². The fourth-order valence-corrected chi connectivity index (χ4v) is 11.9. The van der Waals surface area contributed by atoms with Gasteiger partial charge < -0.3 is 44.3 Å². The Morgan fingerprint density at radius 2 is 1.51 bits per heavy atom. The number of carbonyl (C=O) groups is 8. The second-order valence-electron chi connectivity index (χ2n) is 22.4. The van der Waals surface area contributed by atoms with Gasteiger partial charge in [-0.15, -0.1) is 0 Å². The van der Waals surface area contributed by atoms with Crippen molar-refractivity contribution in [1.29, 1.82) is 0 Å². The van der Waals surface area contributed by atoms with E-state index in [4.69, 9.17) is 36.2 Å². The molecule has 2 bridgehead atoms. The predicted octanol–water partition coefficient (Wildman–Crippen LogP) is 4.38.